The van der Waals surface area contributed by atoms with E-state index in [-0.39, 0.29) is 18.5 Å². The number of nitrogens with zero attached hydrogens (tertiary/aromatic N) is 2. The van der Waals surface area contributed by atoms with Crippen molar-refractivity contribution in [2.75, 3.05) is 20.8 Å². The van der Waals surface area contributed by atoms with E-state index in [1.54, 1.807) is 56.5 Å². The highest BCUT2D eigenvalue weighted by molar-refractivity contribution is 5.81. The van der Waals surface area contributed by atoms with Crippen LogP contribution in [0.3, 0.4) is 0 Å². The molecular weight excluding hydrogens is 414 g/mol. The molecular formula is C23H25N3O6. The number of fused-ring (bicyclic) bond motifs is 1. The Morgan fingerprint density at radius 3 is 2.66 bits per heavy atom. The van der Waals surface area contributed by atoms with Crippen LogP contribution < -0.4 is 20.3 Å². The van der Waals surface area contributed by atoms with Crippen LogP contribution in [0.15, 0.2) is 53.6 Å². The van der Waals surface area contributed by atoms with Crippen molar-refractivity contribution in [1.29, 1.82) is 0 Å². The Morgan fingerprint density at radius 1 is 1.12 bits per heavy atom. The fourth-order valence-corrected chi connectivity index (χ4v) is 3.23. The smallest absolute Gasteiger partial charge is 0.308 e. The summed E-state index contributed by atoms with van der Waals surface area (Å²) in [6.07, 6.45) is 1.33. The summed E-state index contributed by atoms with van der Waals surface area (Å²) in [5.74, 6) is 0.184. The summed E-state index contributed by atoms with van der Waals surface area (Å²) in [7, 11) is 3.09. The summed E-state index contributed by atoms with van der Waals surface area (Å²) in [4.78, 5) is 41.0. The van der Waals surface area contributed by atoms with Gasteiger partial charge in [0.15, 0.2) is 6.61 Å². The molecule has 0 fully saturated rings. The molecule has 9 nitrogen and oxygen atoms in total. The van der Waals surface area contributed by atoms with E-state index in [0.29, 0.717) is 22.4 Å². The maximum Gasteiger partial charge on any atom is 0.308 e. The second-order valence-corrected chi connectivity index (χ2v) is 7.07. The van der Waals surface area contributed by atoms with E-state index in [9.17, 15) is 14.4 Å². The van der Waals surface area contributed by atoms with Crippen molar-refractivity contribution in [3.05, 3.63) is 64.7 Å². The first kappa shape index (κ1) is 22.8. The highest BCUT2D eigenvalue weighted by atomic mass is 16.5. The lowest BCUT2D eigenvalue weighted by Crippen LogP contribution is -2.31. The maximum atomic E-state index is 12.4. The minimum Gasteiger partial charge on any atom is -0.497 e. The Kier molecular flexibility index (Phi) is 7.43. The Labute approximate surface area is 184 Å². The predicted octanol–water partition coefficient (Wildman–Crippen LogP) is 2.22. The summed E-state index contributed by atoms with van der Waals surface area (Å²) in [5, 5.41) is 3.24. The fraction of sp³-hybridized carbons (Fsp3) is 0.304. The third kappa shape index (κ3) is 5.42. The van der Waals surface area contributed by atoms with Crippen LogP contribution in [0.4, 0.5) is 0 Å². The molecule has 2 aromatic carbocycles. The molecule has 3 aromatic rings. The minimum absolute atomic E-state index is 0.0630. The van der Waals surface area contributed by atoms with Gasteiger partial charge in [0.2, 0.25) is 0 Å². The first-order chi connectivity index (χ1) is 15.4. The number of rotatable bonds is 9. The number of carbonyl (C=O) groups excluding carboxylic acids is 2. The molecule has 0 radical (unpaired) electrons. The molecule has 1 amide bonds. The van der Waals surface area contributed by atoms with Crippen LogP contribution in [0.5, 0.6) is 11.5 Å². The highest BCUT2D eigenvalue weighted by Crippen LogP contribution is 2.29. The minimum atomic E-state index is -0.591. The second-order valence-electron chi connectivity index (χ2n) is 7.07. The number of aryl methyl sites for hydroxylation is 1. The van der Waals surface area contributed by atoms with Crippen molar-refractivity contribution in [2.45, 2.75) is 25.9 Å². The lowest BCUT2D eigenvalue weighted by molar-refractivity contribution is -0.148. The molecule has 0 aliphatic heterocycles. The molecule has 0 spiro atoms. The van der Waals surface area contributed by atoms with Gasteiger partial charge in [-0.3, -0.25) is 19.0 Å². The average molecular weight is 439 g/mol. The van der Waals surface area contributed by atoms with Gasteiger partial charge in [-0.1, -0.05) is 12.1 Å². The summed E-state index contributed by atoms with van der Waals surface area (Å²) in [6, 6.07) is 11.9. The Morgan fingerprint density at radius 2 is 1.91 bits per heavy atom. The zero-order chi connectivity index (χ0) is 23.1. The molecule has 0 aliphatic rings. The SMILES string of the molecule is COc1ccc(OC)c(C(C)NC(=O)COC(=O)CCn2cnc3ccccc3c2=O)c1. The van der Waals surface area contributed by atoms with Gasteiger partial charge in [0.25, 0.3) is 11.5 Å². The molecule has 0 bridgehead atoms. The first-order valence-corrected chi connectivity index (χ1v) is 10.0. The summed E-state index contributed by atoms with van der Waals surface area (Å²) >= 11 is 0. The molecule has 0 saturated carbocycles. The van der Waals surface area contributed by atoms with Crippen molar-refractivity contribution in [2.24, 2.45) is 0 Å². The van der Waals surface area contributed by atoms with E-state index in [4.69, 9.17) is 14.2 Å². The molecule has 9 heteroatoms. The number of hydrogen-bond donors (Lipinski definition) is 1. The van der Waals surface area contributed by atoms with Gasteiger partial charge < -0.3 is 19.5 Å². The van der Waals surface area contributed by atoms with Crippen molar-refractivity contribution in [3.8, 4) is 11.5 Å². The van der Waals surface area contributed by atoms with Gasteiger partial charge in [-0.2, -0.15) is 0 Å². The molecule has 32 heavy (non-hydrogen) atoms. The molecule has 1 heterocycles. The van der Waals surface area contributed by atoms with Crippen molar-refractivity contribution in [1.82, 2.24) is 14.9 Å². The quantitative estimate of drug-likeness (QED) is 0.509. The molecule has 0 saturated heterocycles. The zero-order valence-electron chi connectivity index (χ0n) is 18.2. The predicted molar refractivity (Wildman–Crippen MR) is 118 cm³/mol. The van der Waals surface area contributed by atoms with Crippen LogP contribution in [0.2, 0.25) is 0 Å². The number of methoxy groups -OCH3 is 2. The van der Waals surface area contributed by atoms with Gasteiger partial charge in [0.05, 0.1) is 43.9 Å². The Hall–Kier alpha value is -3.88. The molecule has 0 aliphatic carbocycles. The van der Waals surface area contributed by atoms with Crippen LogP contribution in [0.1, 0.15) is 24.9 Å². The number of para-hydroxylation sites is 1. The molecule has 1 atom stereocenters. The average Bonchev–Trinajstić information content (AvgIpc) is 2.82. The molecule has 1 unspecified atom stereocenters. The van der Waals surface area contributed by atoms with Gasteiger partial charge in [0, 0.05) is 12.1 Å². The van der Waals surface area contributed by atoms with Gasteiger partial charge in [0.1, 0.15) is 11.5 Å². The first-order valence-electron chi connectivity index (χ1n) is 10.0. The normalized spacial score (nSPS) is 11.6. The van der Waals surface area contributed by atoms with Crippen LogP contribution in [0.25, 0.3) is 10.9 Å². The van der Waals surface area contributed by atoms with E-state index < -0.39 is 24.5 Å². The number of nitrogens with one attached hydrogen (secondary N) is 1. The number of esters is 1. The molecule has 1 N–H and O–H groups in total. The summed E-state index contributed by atoms with van der Waals surface area (Å²) < 4.78 is 16.9. The number of aromatic nitrogens is 2. The van der Waals surface area contributed by atoms with E-state index in [1.807, 2.05) is 0 Å². The van der Waals surface area contributed by atoms with Crippen LogP contribution in [-0.4, -0.2) is 42.3 Å². The zero-order valence-corrected chi connectivity index (χ0v) is 18.2. The van der Waals surface area contributed by atoms with E-state index >= 15 is 0 Å². The van der Waals surface area contributed by atoms with Gasteiger partial charge in [-0.25, -0.2) is 4.98 Å². The topological polar surface area (TPSA) is 109 Å². The largest absolute Gasteiger partial charge is 0.497 e. The Bertz CT molecular complexity index is 1170. The van der Waals surface area contributed by atoms with E-state index in [0.717, 1.165) is 5.56 Å². The van der Waals surface area contributed by atoms with Crippen LogP contribution in [0, 0.1) is 0 Å². The molecule has 168 valence electrons. The lowest BCUT2D eigenvalue weighted by atomic mass is 10.1. The highest BCUT2D eigenvalue weighted by Gasteiger charge is 2.16. The Balaban J connectivity index is 1.51. The number of hydrogen-bond acceptors (Lipinski definition) is 7. The number of benzene rings is 2. The number of carbonyl (C=O) groups is 2. The van der Waals surface area contributed by atoms with Gasteiger partial charge in [-0.15, -0.1) is 0 Å². The van der Waals surface area contributed by atoms with Crippen LogP contribution >= 0.6 is 0 Å². The number of ether oxygens (including phenoxy) is 3. The maximum absolute atomic E-state index is 12.4. The van der Waals surface area contributed by atoms with Gasteiger partial charge in [-0.05, 0) is 37.3 Å². The van der Waals surface area contributed by atoms with Crippen LogP contribution in [-0.2, 0) is 20.9 Å². The van der Waals surface area contributed by atoms with Crippen molar-refractivity contribution < 1.29 is 23.8 Å². The van der Waals surface area contributed by atoms with E-state index in [1.165, 1.54) is 18.0 Å². The van der Waals surface area contributed by atoms with E-state index in [2.05, 4.69) is 10.3 Å². The third-order valence-electron chi connectivity index (χ3n) is 4.93. The lowest BCUT2D eigenvalue weighted by Gasteiger charge is -2.18. The van der Waals surface area contributed by atoms with Crippen molar-refractivity contribution >= 4 is 22.8 Å². The standard InChI is InChI=1S/C23H25N3O6/c1-15(18-12-16(30-2)8-9-20(18)31-3)25-21(27)13-32-22(28)10-11-26-14-24-19-7-5-4-6-17(19)23(26)29/h4-9,12,14-15H,10-11,13H2,1-3H3,(H,25,27). The fourth-order valence-electron chi connectivity index (χ4n) is 3.23. The molecule has 1 aromatic heterocycles. The third-order valence-corrected chi connectivity index (χ3v) is 4.93. The van der Waals surface area contributed by atoms with Crippen molar-refractivity contribution in [3.63, 3.8) is 0 Å². The molecule has 3 rings (SSSR count). The monoisotopic (exact) mass is 439 g/mol. The second kappa shape index (κ2) is 10.4. The summed E-state index contributed by atoms with van der Waals surface area (Å²) in [6.45, 7) is 1.46. The number of amides is 1. The van der Waals surface area contributed by atoms with Gasteiger partial charge >= 0.3 is 5.97 Å². The summed E-state index contributed by atoms with van der Waals surface area (Å²) in [5.41, 5.74) is 1.09.